The molecule has 0 fully saturated rings. The van der Waals surface area contributed by atoms with Crippen LogP contribution in [0.5, 0.6) is 5.75 Å². The highest BCUT2D eigenvalue weighted by Gasteiger charge is 2.10. The van der Waals surface area contributed by atoms with Crippen molar-refractivity contribution in [2.24, 2.45) is 5.73 Å². The average Bonchev–Trinajstić information content (AvgIpc) is 2.25. The molecule has 3 N–H and O–H groups in total. The molecular formula is C12H18FNO2. The molecule has 1 aromatic carbocycles. The van der Waals surface area contributed by atoms with E-state index in [9.17, 15) is 9.50 Å². The first-order chi connectivity index (χ1) is 7.54. The molecule has 0 aliphatic rings. The van der Waals surface area contributed by atoms with Crippen molar-refractivity contribution in [1.82, 2.24) is 0 Å². The summed E-state index contributed by atoms with van der Waals surface area (Å²) < 4.78 is 18.4. The Balaban J connectivity index is 2.80. The first-order valence-corrected chi connectivity index (χ1v) is 5.40. The number of nitrogens with two attached hydrogens (primary N) is 1. The molecule has 0 spiro atoms. The number of aliphatic hydroxyl groups excluding tert-OH is 1. The van der Waals surface area contributed by atoms with Gasteiger partial charge in [-0.15, -0.1) is 0 Å². The fourth-order valence-electron chi connectivity index (χ4n) is 1.31. The van der Waals surface area contributed by atoms with Gasteiger partial charge in [-0.25, -0.2) is 4.39 Å². The van der Waals surface area contributed by atoms with Gasteiger partial charge >= 0.3 is 0 Å². The van der Waals surface area contributed by atoms with Crippen LogP contribution in [0.1, 0.15) is 31.9 Å². The van der Waals surface area contributed by atoms with Gasteiger partial charge < -0.3 is 15.6 Å². The highest BCUT2D eigenvalue weighted by Crippen LogP contribution is 2.24. The standard InChI is InChI=1S/C12H18FNO2/c1-3-10(15)7-16-12-6-9(13)4-5-11(12)8(2)14/h4-6,8,10,15H,3,7,14H2,1-2H3. The van der Waals surface area contributed by atoms with Crippen LogP contribution in [-0.4, -0.2) is 17.8 Å². The lowest BCUT2D eigenvalue weighted by molar-refractivity contribution is 0.103. The number of rotatable bonds is 5. The second kappa shape index (κ2) is 5.82. The highest BCUT2D eigenvalue weighted by atomic mass is 19.1. The molecular weight excluding hydrogens is 209 g/mol. The third kappa shape index (κ3) is 3.47. The first kappa shape index (κ1) is 12.9. The molecule has 2 atom stereocenters. The lowest BCUT2D eigenvalue weighted by Crippen LogP contribution is -2.17. The van der Waals surface area contributed by atoms with Crippen molar-refractivity contribution in [3.05, 3.63) is 29.6 Å². The van der Waals surface area contributed by atoms with E-state index in [1.807, 2.05) is 6.92 Å². The summed E-state index contributed by atoms with van der Waals surface area (Å²) >= 11 is 0. The Morgan fingerprint density at radius 3 is 2.75 bits per heavy atom. The van der Waals surface area contributed by atoms with Gasteiger partial charge in [0.1, 0.15) is 18.2 Å². The molecule has 0 aliphatic carbocycles. The van der Waals surface area contributed by atoms with Gasteiger partial charge in [0.25, 0.3) is 0 Å². The van der Waals surface area contributed by atoms with Crippen LogP contribution in [0.15, 0.2) is 18.2 Å². The van der Waals surface area contributed by atoms with Crippen molar-refractivity contribution in [3.63, 3.8) is 0 Å². The third-order valence-corrected chi connectivity index (χ3v) is 2.37. The maximum atomic E-state index is 13.0. The topological polar surface area (TPSA) is 55.5 Å². The first-order valence-electron chi connectivity index (χ1n) is 5.40. The third-order valence-electron chi connectivity index (χ3n) is 2.37. The van der Waals surface area contributed by atoms with Gasteiger partial charge in [-0.2, -0.15) is 0 Å². The summed E-state index contributed by atoms with van der Waals surface area (Å²) in [4.78, 5) is 0. The predicted molar refractivity (Wildman–Crippen MR) is 60.8 cm³/mol. The Hall–Kier alpha value is -1.13. The average molecular weight is 227 g/mol. The van der Waals surface area contributed by atoms with Crippen LogP contribution < -0.4 is 10.5 Å². The van der Waals surface area contributed by atoms with Gasteiger partial charge in [-0.05, 0) is 19.4 Å². The van der Waals surface area contributed by atoms with E-state index in [1.54, 1.807) is 13.0 Å². The quantitative estimate of drug-likeness (QED) is 0.808. The number of ether oxygens (including phenoxy) is 1. The van der Waals surface area contributed by atoms with Gasteiger partial charge in [-0.3, -0.25) is 0 Å². The monoisotopic (exact) mass is 227 g/mol. The minimum Gasteiger partial charge on any atom is -0.490 e. The Labute approximate surface area is 95.0 Å². The fraction of sp³-hybridized carbons (Fsp3) is 0.500. The molecule has 3 nitrogen and oxygen atoms in total. The molecule has 4 heteroatoms. The number of hydrogen-bond donors (Lipinski definition) is 2. The number of hydrogen-bond acceptors (Lipinski definition) is 3. The van der Waals surface area contributed by atoms with Crippen molar-refractivity contribution in [2.45, 2.75) is 32.4 Å². The van der Waals surface area contributed by atoms with E-state index in [0.29, 0.717) is 12.2 Å². The van der Waals surface area contributed by atoms with E-state index in [1.165, 1.54) is 12.1 Å². The summed E-state index contributed by atoms with van der Waals surface area (Å²) in [6, 6.07) is 4.02. The van der Waals surface area contributed by atoms with Crippen molar-refractivity contribution in [3.8, 4) is 5.75 Å². The Morgan fingerprint density at radius 2 is 2.19 bits per heavy atom. The van der Waals surface area contributed by atoms with Crippen LogP contribution in [0.25, 0.3) is 0 Å². The molecule has 16 heavy (non-hydrogen) atoms. The molecule has 0 aromatic heterocycles. The molecule has 0 aliphatic heterocycles. The van der Waals surface area contributed by atoms with E-state index in [2.05, 4.69) is 0 Å². The minimum atomic E-state index is -0.538. The second-order valence-electron chi connectivity index (χ2n) is 3.84. The van der Waals surface area contributed by atoms with Crippen LogP contribution >= 0.6 is 0 Å². The zero-order chi connectivity index (χ0) is 12.1. The van der Waals surface area contributed by atoms with Crippen molar-refractivity contribution in [1.29, 1.82) is 0 Å². The molecule has 1 aromatic rings. The molecule has 90 valence electrons. The summed E-state index contributed by atoms with van der Waals surface area (Å²) in [5, 5.41) is 9.37. The molecule has 0 saturated heterocycles. The lowest BCUT2D eigenvalue weighted by Gasteiger charge is -2.15. The minimum absolute atomic E-state index is 0.152. The number of halogens is 1. The maximum Gasteiger partial charge on any atom is 0.127 e. The van der Waals surface area contributed by atoms with Gasteiger partial charge in [0, 0.05) is 17.7 Å². The molecule has 0 bridgehead atoms. The van der Waals surface area contributed by atoms with Crippen LogP contribution in [0, 0.1) is 5.82 Å². The lowest BCUT2D eigenvalue weighted by atomic mass is 10.1. The van der Waals surface area contributed by atoms with E-state index in [4.69, 9.17) is 10.5 Å². The van der Waals surface area contributed by atoms with E-state index in [0.717, 1.165) is 5.56 Å². The predicted octanol–water partition coefficient (Wildman–Crippen LogP) is 2.00. The van der Waals surface area contributed by atoms with Gasteiger partial charge in [0.2, 0.25) is 0 Å². The molecule has 0 radical (unpaired) electrons. The summed E-state index contributed by atoms with van der Waals surface area (Å²) in [5.41, 5.74) is 6.48. The van der Waals surface area contributed by atoms with E-state index in [-0.39, 0.29) is 18.5 Å². The van der Waals surface area contributed by atoms with Crippen molar-refractivity contribution < 1.29 is 14.2 Å². The summed E-state index contributed by atoms with van der Waals surface area (Å²) in [5.74, 6) is 0.0351. The Kier molecular flexibility index (Phi) is 4.71. The Bertz CT molecular complexity index is 342. The molecule has 1 rings (SSSR count). The largest absolute Gasteiger partial charge is 0.490 e. The SMILES string of the molecule is CCC(O)COc1cc(F)ccc1C(C)N. The van der Waals surface area contributed by atoms with E-state index >= 15 is 0 Å². The van der Waals surface area contributed by atoms with E-state index < -0.39 is 6.10 Å². The number of aliphatic hydroxyl groups is 1. The van der Waals surface area contributed by atoms with Crippen LogP contribution in [0.3, 0.4) is 0 Å². The van der Waals surface area contributed by atoms with Crippen LogP contribution in [-0.2, 0) is 0 Å². The molecule has 0 saturated carbocycles. The van der Waals surface area contributed by atoms with Gasteiger partial charge in [0.15, 0.2) is 0 Å². The summed E-state index contributed by atoms with van der Waals surface area (Å²) in [7, 11) is 0. The zero-order valence-electron chi connectivity index (χ0n) is 9.61. The van der Waals surface area contributed by atoms with Crippen molar-refractivity contribution >= 4 is 0 Å². The normalized spacial score (nSPS) is 14.6. The zero-order valence-corrected chi connectivity index (χ0v) is 9.61. The Morgan fingerprint density at radius 1 is 1.50 bits per heavy atom. The van der Waals surface area contributed by atoms with Crippen LogP contribution in [0.4, 0.5) is 4.39 Å². The molecule has 0 amide bonds. The van der Waals surface area contributed by atoms with Crippen LogP contribution in [0.2, 0.25) is 0 Å². The number of benzene rings is 1. The summed E-state index contributed by atoms with van der Waals surface area (Å²) in [6.45, 7) is 3.81. The molecule has 0 heterocycles. The van der Waals surface area contributed by atoms with Gasteiger partial charge in [-0.1, -0.05) is 13.0 Å². The fourth-order valence-corrected chi connectivity index (χ4v) is 1.31. The molecule has 2 unspecified atom stereocenters. The second-order valence-corrected chi connectivity index (χ2v) is 3.84. The highest BCUT2D eigenvalue weighted by molar-refractivity contribution is 5.36. The maximum absolute atomic E-state index is 13.0. The smallest absolute Gasteiger partial charge is 0.127 e. The van der Waals surface area contributed by atoms with Crippen molar-refractivity contribution in [2.75, 3.05) is 6.61 Å². The van der Waals surface area contributed by atoms with Gasteiger partial charge in [0.05, 0.1) is 6.10 Å². The summed E-state index contributed by atoms with van der Waals surface area (Å²) in [6.07, 6.45) is 0.0622.